The largest absolute Gasteiger partial charge is 0.207 e. The van der Waals surface area contributed by atoms with Crippen LogP contribution in [-0.2, 0) is 6.42 Å². The average Bonchev–Trinajstić information content (AvgIpc) is 2.33. The number of hydrogen-bond donors (Lipinski definition) is 0. The average molecular weight is 342 g/mol. The second kappa shape index (κ2) is 6.06. The Bertz CT molecular complexity index is 575. The normalized spacial score (nSPS) is 12.5. The molecule has 0 radical (unpaired) electrons. The van der Waals surface area contributed by atoms with Crippen molar-refractivity contribution in [3.63, 3.8) is 0 Å². The molecule has 0 bridgehead atoms. The van der Waals surface area contributed by atoms with Gasteiger partial charge >= 0.3 is 0 Å². The molecule has 0 amide bonds. The molecule has 2 aromatic carbocycles. The van der Waals surface area contributed by atoms with Gasteiger partial charge in [0.2, 0.25) is 0 Å². The summed E-state index contributed by atoms with van der Waals surface area (Å²) in [5.74, 6) is -0.248. The van der Waals surface area contributed by atoms with Gasteiger partial charge in [-0.05, 0) is 43.5 Å². The number of benzene rings is 2. The summed E-state index contributed by atoms with van der Waals surface area (Å²) >= 11 is 9.71. The number of hydrogen-bond acceptors (Lipinski definition) is 0. The summed E-state index contributed by atoms with van der Waals surface area (Å²) in [7, 11) is 0. The van der Waals surface area contributed by atoms with Crippen LogP contribution in [0.1, 0.15) is 27.1 Å². The Morgan fingerprint density at radius 2 is 1.95 bits per heavy atom. The van der Waals surface area contributed by atoms with Crippen molar-refractivity contribution in [1.29, 1.82) is 0 Å². The smallest absolute Gasteiger partial charge is 0.127 e. The molecule has 0 spiro atoms. The van der Waals surface area contributed by atoms with Crippen LogP contribution >= 0.6 is 27.5 Å². The first-order chi connectivity index (χ1) is 8.99. The van der Waals surface area contributed by atoms with Crippen LogP contribution in [0.15, 0.2) is 36.4 Å². The van der Waals surface area contributed by atoms with Crippen LogP contribution in [-0.4, -0.2) is 0 Å². The summed E-state index contributed by atoms with van der Waals surface area (Å²) < 4.78 is 13.8. The topological polar surface area (TPSA) is 0 Å². The lowest BCUT2D eigenvalue weighted by Gasteiger charge is -2.15. The molecule has 0 aromatic heterocycles. The number of halogens is 3. The number of alkyl halides is 1. The maximum Gasteiger partial charge on any atom is 0.127 e. The van der Waals surface area contributed by atoms with Gasteiger partial charge in [0.05, 0.1) is 0 Å². The molecule has 19 heavy (non-hydrogen) atoms. The van der Waals surface area contributed by atoms with Crippen molar-refractivity contribution in [2.24, 2.45) is 0 Å². The third-order valence-corrected chi connectivity index (χ3v) is 4.38. The van der Waals surface area contributed by atoms with E-state index in [4.69, 9.17) is 11.6 Å². The molecule has 0 N–H and O–H groups in total. The second-order valence-electron chi connectivity index (χ2n) is 4.73. The van der Waals surface area contributed by atoms with E-state index in [2.05, 4.69) is 48.0 Å². The molecule has 0 aliphatic carbocycles. The molecule has 1 unspecified atom stereocenters. The maximum absolute atomic E-state index is 13.8. The van der Waals surface area contributed by atoms with Crippen LogP contribution in [0, 0.1) is 19.7 Å². The van der Waals surface area contributed by atoms with Crippen molar-refractivity contribution in [3.05, 3.63) is 69.5 Å². The van der Waals surface area contributed by atoms with E-state index in [1.54, 1.807) is 12.1 Å². The molecule has 0 aliphatic rings. The molecule has 0 saturated heterocycles. The van der Waals surface area contributed by atoms with E-state index in [-0.39, 0.29) is 10.6 Å². The first-order valence-electron chi connectivity index (χ1n) is 6.13. The molecule has 0 fully saturated rings. The molecule has 2 rings (SSSR count). The van der Waals surface area contributed by atoms with Gasteiger partial charge in [-0.2, -0.15) is 0 Å². The van der Waals surface area contributed by atoms with E-state index in [1.807, 2.05) is 0 Å². The quantitative estimate of drug-likeness (QED) is 0.621. The van der Waals surface area contributed by atoms with E-state index in [0.717, 1.165) is 0 Å². The number of rotatable bonds is 3. The highest BCUT2D eigenvalue weighted by molar-refractivity contribution is 9.09. The summed E-state index contributed by atoms with van der Waals surface area (Å²) in [5, 5.41) is 0.481. The molecule has 2 aromatic rings. The molecule has 100 valence electrons. The van der Waals surface area contributed by atoms with Crippen molar-refractivity contribution in [1.82, 2.24) is 0 Å². The van der Waals surface area contributed by atoms with Crippen LogP contribution in [0.5, 0.6) is 0 Å². The Morgan fingerprint density at radius 1 is 1.21 bits per heavy atom. The second-order valence-corrected chi connectivity index (χ2v) is 6.24. The van der Waals surface area contributed by atoms with E-state index < -0.39 is 0 Å². The van der Waals surface area contributed by atoms with Gasteiger partial charge in [-0.25, -0.2) is 4.39 Å². The zero-order valence-electron chi connectivity index (χ0n) is 10.9. The molecular formula is C16H15BrClF. The minimum atomic E-state index is -0.248. The Balaban J connectivity index is 2.28. The van der Waals surface area contributed by atoms with Crippen LogP contribution in [0.3, 0.4) is 0 Å². The Hall–Kier alpha value is -0.860. The summed E-state index contributed by atoms with van der Waals surface area (Å²) in [6, 6.07) is 11.1. The summed E-state index contributed by atoms with van der Waals surface area (Å²) in [4.78, 5) is 0.0579. The zero-order valence-corrected chi connectivity index (χ0v) is 13.2. The van der Waals surface area contributed by atoms with Crippen molar-refractivity contribution in [2.45, 2.75) is 25.1 Å². The highest BCUT2D eigenvalue weighted by Crippen LogP contribution is 2.33. The predicted octanol–water partition coefficient (Wildman–Crippen LogP) is 5.77. The van der Waals surface area contributed by atoms with Gasteiger partial charge in [-0.3, -0.25) is 0 Å². The molecule has 3 heteroatoms. The minimum Gasteiger partial charge on any atom is -0.207 e. The zero-order chi connectivity index (χ0) is 14.0. The monoisotopic (exact) mass is 340 g/mol. The van der Waals surface area contributed by atoms with Crippen LogP contribution in [0.4, 0.5) is 4.39 Å². The van der Waals surface area contributed by atoms with E-state index in [0.29, 0.717) is 17.0 Å². The van der Waals surface area contributed by atoms with Gasteiger partial charge in [-0.1, -0.05) is 57.4 Å². The van der Waals surface area contributed by atoms with E-state index in [1.165, 1.54) is 22.8 Å². The minimum absolute atomic E-state index is 0.0579. The third kappa shape index (κ3) is 3.37. The van der Waals surface area contributed by atoms with Crippen LogP contribution in [0.25, 0.3) is 0 Å². The van der Waals surface area contributed by atoms with Gasteiger partial charge < -0.3 is 0 Å². The highest BCUT2D eigenvalue weighted by Gasteiger charge is 2.15. The standard InChI is InChI=1S/C16H15BrClF/c1-10-6-7-12(11(2)8-10)14(17)9-13-15(18)4-3-5-16(13)19/h3-8,14H,9H2,1-2H3. The molecule has 0 nitrogen and oxygen atoms in total. The van der Waals surface area contributed by atoms with Crippen molar-refractivity contribution >= 4 is 27.5 Å². The molecule has 0 heterocycles. The Kier molecular flexibility index (Phi) is 4.64. The van der Waals surface area contributed by atoms with Gasteiger partial charge in [0.1, 0.15) is 5.82 Å². The molecular weight excluding hydrogens is 327 g/mol. The van der Waals surface area contributed by atoms with Crippen molar-refractivity contribution < 1.29 is 4.39 Å². The number of aryl methyl sites for hydroxylation is 2. The fraction of sp³-hybridized carbons (Fsp3) is 0.250. The summed E-state index contributed by atoms with van der Waals surface area (Å²) in [6.07, 6.45) is 0.537. The third-order valence-electron chi connectivity index (χ3n) is 3.21. The first-order valence-corrected chi connectivity index (χ1v) is 7.42. The van der Waals surface area contributed by atoms with Crippen molar-refractivity contribution in [2.75, 3.05) is 0 Å². The summed E-state index contributed by atoms with van der Waals surface area (Å²) in [5.41, 5.74) is 4.16. The SMILES string of the molecule is Cc1ccc(C(Br)Cc2c(F)cccc2Cl)c(C)c1. The van der Waals surface area contributed by atoms with Gasteiger partial charge in [-0.15, -0.1) is 0 Å². The molecule has 0 aliphatic heterocycles. The van der Waals surface area contributed by atoms with E-state index >= 15 is 0 Å². The molecule has 1 atom stereocenters. The Morgan fingerprint density at radius 3 is 2.58 bits per heavy atom. The van der Waals surface area contributed by atoms with Crippen LogP contribution in [0.2, 0.25) is 5.02 Å². The lowest BCUT2D eigenvalue weighted by atomic mass is 9.98. The highest BCUT2D eigenvalue weighted by atomic mass is 79.9. The Labute approximate surface area is 126 Å². The van der Waals surface area contributed by atoms with E-state index in [9.17, 15) is 4.39 Å². The lowest BCUT2D eigenvalue weighted by Crippen LogP contribution is -2.01. The maximum atomic E-state index is 13.8. The van der Waals surface area contributed by atoms with Gasteiger partial charge in [0, 0.05) is 15.4 Å². The fourth-order valence-corrected chi connectivity index (χ4v) is 3.27. The van der Waals surface area contributed by atoms with Crippen molar-refractivity contribution in [3.8, 4) is 0 Å². The summed E-state index contributed by atoms with van der Waals surface area (Å²) in [6.45, 7) is 4.13. The molecule has 0 saturated carbocycles. The predicted molar refractivity (Wildman–Crippen MR) is 82.7 cm³/mol. The lowest BCUT2D eigenvalue weighted by molar-refractivity contribution is 0.608. The van der Waals surface area contributed by atoms with Gasteiger partial charge in [0.15, 0.2) is 0 Å². The van der Waals surface area contributed by atoms with Gasteiger partial charge in [0.25, 0.3) is 0 Å². The first kappa shape index (κ1) is 14.5. The van der Waals surface area contributed by atoms with Crippen LogP contribution < -0.4 is 0 Å². The fourth-order valence-electron chi connectivity index (χ4n) is 2.19.